The molecule has 0 aliphatic heterocycles. The molecule has 0 radical (unpaired) electrons. The molecule has 0 heterocycles. The van der Waals surface area contributed by atoms with Gasteiger partial charge in [-0.05, 0) is 49.7 Å². The zero-order valence-corrected chi connectivity index (χ0v) is 13.5. The van der Waals surface area contributed by atoms with E-state index in [0.717, 1.165) is 25.7 Å². The number of nitrogens with zero attached hydrogens (tertiary/aromatic N) is 1. The van der Waals surface area contributed by atoms with Crippen LogP contribution in [0.3, 0.4) is 0 Å². The van der Waals surface area contributed by atoms with E-state index in [2.05, 4.69) is 5.32 Å². The summed E-state index contributed by atoms with van der Waals surface area (Å²) in [7, 11) is 0. The lowest BCUT2D eigenvalue weighted by atomic mass is 9.58. The van der Waals surface area contributed by atoms with Crippen molar-refractivity contribution < 1.29 is 19.6 Å². The maximum atomic E-state index is 12.7. The molecular formula is C16H17ClN2O5. The fourth-order valence-corrected chi connectivity index (χ4v) is 4.32. The van der Waals surface area contributed by atoms with Crippen LogP contribution in [0.25, 0.3) is 0 Å². The first-order valence-corrected chi connectivity index (χ1v) is 8.24. The van der Waals surface area contributed by atoms with Gasteiger partial charge in [0.2, 0.25) is 5.91 Å². The van der Waals surface area contributed by atoms with E-state index >= 15 is 0 Å². The van der Waals surface area contributed by atoms with Crippen molar-refractivity contribution in [2.45, 2.75) is 25.7 Å². The molecule has 0 unspecified atom stereocenters. The van der Waals surface area contributed by atoms with Crippen LogP contribution in [-0.4, -0.2) is 21.9 Å². The summed E-state index contributed by atoms with van der Waals surface area (Å²) in [4.78, 5) is 34.6. The van der Waals surface area contributed by atoms with Crippen LogP contribution in [0.2, 0.25) is 5.02 Å². The normalized spacial score (nSPS) is 28.4. The predicted molar refractivity (Wildman–Crippen MR) is 86.8 cm³/mol. The van der Waals surface area contributed by atoms with Crippen molar-refractivity contribution in [1.29, 1.82) is 0 Å². The van der Waals surface area contributed by atoms with E-state index in [9.17, 15) is 24.8 Å². The highest BCUT2D eigenvalue weighted by atomic mass is 35.5. The molecule has 3 aliphatic carbocycles. The Hall–Kier alpha value is -2.15. The lowest BCUT2D eigenvalue weighted by Gasteiger charge is -2.45. The van der Waals surface area contributed by atoms with Crippen molar-refractivity contribution >= 4 is 34.9 Å². The number of carboxylic acid groups (broad SMARTS) is 1. The third-order valence-corrected chi connectivity index (χ3v) is 5.54. The van der Waals surface area contributed by atoms with Crippen LogP contribution in [0.1, 0.15) is 25.7 Å². The van der Waals surface area contributed by atoms with Gasteiger partial charge in [-0.1, -0.05) is 11.6 Å². The van der Waals surface area contributed by atoms with Crippen molar-refractivity contribution in [2.24, 2.45) is 23.7 Å². The van der Waals surface area contributed by atoms with Gasteiger partial charge in [0.25, 0.3) is 5.69 Å². The maximum Gasteiger partial charge on any atom is 0.307 e. The summed E-state index contributed by atoms with van der Waals surface area (Å²) in [5, 5.41) is 23.1. The van der Waals surface area contributed by atoms with E-state index in [4.69, 9.17) is 11.6 Å². The fourth-order valence-electron chi connectivity index (χ4n) is 4.14. The molecule has 2 atom stereocenters. The van der Waals surface area contributed by atoms with Crippen LogP contribution in [0.4, 0.5) is 11.4 Å². The van der Waals surface area contributed by atoms with Gasteiger partial charge in [-0.2, -0.15) is 0 Å². The molecule has 1 amide bonds. The standard InChI is InChI=1S/C16H17ClN2O5/c17-11-6-5-10(7-12(11)19(23)24)18-15(20)13-8-1-3-9(4-2-8)14(13)16(21)22/h5-9,13-14H,1-4H2,(H,18,20)(H,21,22)/t8?,9?,13-,14+/m1/s1. The molecule has 2 N–H and O–H groups in total. The van der Waals surface area contributed by atoms with E-state index in [0.29, 0.717) is 0 Å². The molecule has 1 aromatic carbocycles. The number of amides is 1. The molecule has 1 aromatic rings. The second-order valence-electron chi connectivity index (χ2n) is 6.48. The lowest BCUT2D eigenvalue weighted by molar-refractivity contribution is -0.384. The number of aliphatic carboxylic acids is 1. The molecule has 3 aliphatic rings. The summed E-state index contributed by atoms with van der Waals surface area (Å²) in [6.45, 7) is 0. The van der Waals surface area contributed by atoms with Crippen molar-refractivity contribution in [3.63, 3.8) is 0 Å². The molecule has 24 heavy (non-hydrogen) atoms. The number of nitrogens with one attached hydrogen (secondary N) is 1. The zero-order valence-electron chi connectivity index (χ0n) is 12.8. The second-order valence-corrected chi connectivity index (χ2v) is 6.88. The average molecular weight is 353 g/mol. The van der Waals surface area contributed by atoms with Crippen molar-refractivity contribution in [3.05, 3.63) is 33.3 Å². The number of carbonyl (C=O) groups excluding carboxylic acids is 1. The van der Waals surface area contributed by atoms with Gasteiger partial charge in [-0.3, -0.25) is 19.7 Å². The molecule has 7 nitrogen and oxygen atoms in total. The minimum absolute atomic E-state index is 0.0156. The maximum absolute atomic E-state index is 12.7. The first kappa shape index (κ1) is 16.7. The first-order valence-electron chi connectivity index (χ1n) is 7.86. The van der Waals surface area contributed by atoms with Crippen LogP contribution >= 0.6 is 11.6 Å². The Morgan fingerprint density at radius 1 is 1.17 bits per heavy atom. The Balaban J connectivity index is 1.82. The molecule has 0 spiro atoms. The fraction of sp³-hybridized carbons (Fsp3) is 0.500. The SMILES string of the molecule is O=C(Nc1ccc(Cl)c([N+](=O)[O-])c1)[C@@H]1C2CCC(CC2)[C@@H]1C(=O)O. The van der Waals surface area contributed by atoms with Gasteiger partial charge >= 0.3 is 5.97 Å². The molecule has 3 fully saturated rings. The predicted octanol–water partition coefficient (Wildman–Crippen LogP) is 3.32. The van der Waals surface area contributed by atoms with Gasteiger partial charge in [-0.25, -0.2) is 0 Å². The van der Waals surface area contributed by atoms with E-state index in [1.165, 1.54) is 18.2 Å². The summed E-state index contributed by atoms with van der Waals surface area (Å²) in [5.41, 5.74) is -0.0453. The lowest BCUT2D eigenvalue weighted by Crippen LogP contribution is -2.49. The van der Waals surface area contributed by atoms with Crippen molar-refractivity contribution in [3.8, 4) is 0 Å². The van der Waals surface area contributed by atoms with Gasteiger partial charge in [0, 0.05) is 11.8 Å². The molecule has 0 saturated heterocycles. The monoisotopic (exact) mass is 352 g/mol. The Morgan fingerprint density at radius 2 is 1.75 bits per heavy atom. The molecule has 128 valence electrons. The quantitative estimate of drug-likeness (QED) is 0.638. The largest absolute Gasteiger partial charge is 0.481 e. The Bertz CT molecular complexity index is 700. The van der Waals surface area contributed by atoms with Gasteiger partial charge in [0.1, 0.15) is 5.02 Å². The van der Waals surface area contributed by atoms with E-state index in [-0.39, 0.29) is 34.1 Å². The summed E-state index contributed by atoms with van der Waals surface area (Å²) in [6, 6.07) is 4.01. The van der Waals surface area contributed by atoms with Crippen LogP contribution < -0.4 is 5.32 Å². The van der Waals surface area contributed by atoms with Crippen molar-refractivity contribution in [1.82, 2.24) is 0 Å². The number of fused-ring (bicyclic) bond motifs is 3. The second kappa shape index (κ2) is 6.39. The summed E-state index contributed by atoms with van der Waals surface area (Å²) < 4.78 is 0. The number of halogens is 1. The molecular weight excluding hydrogens is 336 g/mol. The van der Waals surface area contributed by atoms with Gasteiger partial charge in [0.15, 0.2) is 0 Å². The topological polar surface area (TPSA) is 110 Å². The summed E-state index contributed by atoms with van der Waals surface area (Å²) >= 11 is 5.76. The number of nitro groups is 1. The van der Waals surface area contributed by atoms with Crippen molar-refractivity contribution in [2.75, 3.05) is 5.32 Å². The molecule has 8 heteroatoms. The number of anilines is 1. The Kier molecular flexibility index (Phi) is 4.45. The number of hydrogen-bond donors (Lipinski definition) is 2. The van der Waals surface area contributed by atoms with Crippen LogP contribution in [0, 0.1) is 33.8 Å². The van der Waals surface area contributed by atoms with Crippen LogP contribution in [0.5, 0.6) is 0 Å². The summed E-state index contributed by atoms with van der Waals surface area (Å²) in [6.07, 6.45) is 3.40. The number of benzene rings is 1. The van der Waals surface area contributed by atoms with Crippen LogP contribution in [-0.2, 0) is 9.59 Å². The highest BCUT2D eigenvalue weighted by molar-refractivity contribution is 6.32. The number of nitro benzene ring substituents is 1. The average Bonchev–Trinajstić information content (AvgIpc) is 2.56. The Morgan fingerprint density at radius 3 is 2.29 bits per heavy atom. The van der Waals surface area contributed by atoms with Crippen LogP contribution in [0.15, 0.2) is 18.2 Å². The van der Waals surface area contributed by atoms with E-state index in [1.807, 2.05) is 0 Å². The smallest absolute Gasteiger partial charge is 0.307 e. The third-order valence-electron chi connectivity index (χ3n) is 5.22. The number of carbonyl (C=O) groups is 2. The molecule has 3 saturated carbocycles. The highest BCUT2D eigenvalue weighted by Crippen LogP contribution is 2.49. The van der Waals surface area contributed by atoms with Gasteiger partial charge < -0.3 is 10.4 Å². The summed E-state index contributed by atoms with van der Waals surface area (Å²) in [5.74, 6) is -2.51. The van der Waals surface area contributed by atoms with Gasteiger partial charge in [-0.15, -0.1) is 0 Å². The Labute approximate surface area is 143 Å². The third kappa shape index (κ3) is 2.96. The van der Waals surface area contributed by atoms with Gasteiger partial charge in [0.05, 0.1) is 16.8 Å². The molecule has 0 aromatic heterocycles. The highest BCUT2D eigenvalue weighted by Gasteiger charge is 2.50. The number of hydrogen-bond acceptors (Lipinski definition) is 4. The van der Waals surface area contributed by atoms with E-state index < -0.39 is 22.7 Å². The first-order chi connectivity index (χ1) is 11.4. The molecule has 4 rings (SSSR count). The number of carboxylic acids is 1. The minimum Gasteiger partial charge on any atom is -0.481 e. The van der Waals surface area contributed by atoms with E-state index in [1.54, 1.807) is 0 Å². The molecule has 2 bridgehead atoms. The zero-order chi connectivity index (χ0) is 17.4. The minimum atomic E-state index is -0.938. The number of rotatable bonds is 4.